The van der Waals surface area contributed by atoms with Crippen LogP contribution in [-0.2, 0) is 19.0 Å². The summed E-state index contributed by atoms with van der Waals surface area (Å²) in [4.78, 5) is 5.15. The molecule has 1 aliphatic heterocycles. The second-order valence-corrected chi connectivity index (χ2v) is 9.58. The summed E-state index contributed by atoms with van der Waals surface area (Å²) in [6, 6.07) is 24.0. The number of nitriles is 1. The van der Waals surface area contributed by atoms with Gasteiger partial charge in [-0.2, -0.15) is 5.26 Å². The van der Waals surface area contributed by atoms with Gasteiger partial charge >= 0.3 is 0 Å². The molecule has 0 amide bonds. The van der Waals surface area contributed by atoms with Crippen molar-refractivity contribution in [3.05, 3.63) is 71.9 Å². The minimum Gasteiger partial charge on any atom is -0.346 e. The fourth-order valence-corrected chi connectivity index (χ4v) is 5.23. The Bertz CT molecular complexity index is 1050. The first-order valence-corrected chi connectivity index (χ1v) is 12.0. The predicted octanol–water partition coefficient (Wildman–Crippen LogP) is 5.19. The van der Waals surface area contributed by atoms with E-state index in [9.17, 15) is 5.26 Å². The van der Waals surface area contributed by atoms with Crippen LogP contribution in [0.25, 0.3) is 10.9 Å². The first-order valence-electron chi connectivity index (χ1n) is 12.0. The summed E-state index contributed by atoms with van der Waals surface area (Å²) in [5, 5.41) is 11.4. The SMILES string of the molecule is CC(C)C(C#N)(CCCN1CCN(Cc2cc3ccccc3n2C)CC1)c1ccccc1. The first kappa shape index (κ1) is 22.6. The number of para-hydroxylation sites is 1. The van der Waals surface area contributed by atoms with Crippen LogP contribution in [0.4, 0.5) is 0 Å². The third kappa shape index (κ3) is 4.60. The average Bonchev–Trinajstić information content (AvgIpc) is 3.13. The Morgan fingerprint density at radius 1 is 0.938 bits per heavy atom. The zero-order valence-corrected chi connectivity index (χ0v) is 19.8. The molecule has 2 heterocycles. The molecule has 1 atom stereocenters. The van der Waals surface area contributed by atoms with E-state index in [4.69, 9.17) is 0 Å². The topological polar surface area (TPSA) is 35.2 Å². The van der Waals surface area contributed by atoms with Crippen LogP contribution in [-0.4, -0.2) is 47.1 Å². The highest BCUT2D eigenvalue weighted by Gasteiger charge is 2.35. The van der Waals surface area contributed by atoms with Crippen LogP contribution < -0.4 is 0 Å². The lowest BCUT2D eigenvalue weighted by atomic mass is 9.70. The molecule has 1 unspecified atom stereocenters. The molecule has 0 bridgehead atoms. The normalized spacial score (nSPS) is 17.5. The number of benzene rings is 2. The second kappa shape index (κ2) is 9.90. The number of aromatic nitrogens is 1. The first-order chi connectivity index (χ1) is 15.5. The van der Waals surface area contributed by atoms with E-state index in [0.29, 0.717) is 5.92 Å². The molecule has 1 fully saturated rings. The van der Waals surface area contributed by atoms with Gasteiger partial charge in [0.15, 0.2) is 0 Å². The van der Waals surface area contributed by atoms with Gasteiger partial charge in [-0.3, -0.25) is 4.90 Å². The van der Waals surface area contributed by atoms with E-state index in [1.807, 2.05) is 6.07 Å². The Kier molecular flexibility index (Phi) is 6.98. The van der Waals surface area contributed by atoms with Gasteiger partial charge in [0.1, 0.15) is 0 Å². The van der Waals surface area contributed by atoms with Crippen molar-refractivity contribution < 1.29 is 0 Å². The van der Waals surface area contributed by atoms with Gasteiger partial charge in [0.2, 0.25) is 0 Å². The molecule has 0 radical (unpaired) electrons. The summed E-state index contributed by atoms with van der Waals surface area (Å²) in [7, 11) is 2.18. The van der Waals surface area contributed by atoms with E-state index >= 15 is 0 Å². The van der Waals surface area contributed by atoms with Crippen molar-refractivity contribution in [2.75, 3.05) is 32.7 Å². The summed E-state index contributed by atoms with van der Waals surface area (Å²) in [6.07, 6.45) is 1.98. The van der Waals surface area contributed by atoms with E-state index in [-0.39, 0.29) is 0 Å². The minimum atomic E-state index is -0.391. The van der Waals surface area contributed by atoms with Gasteiger partial charge < -0.3 is 9.47 Å². The van der Waals surface area contributed by atoms with E-state index in [1.165, 1.54) is 16.6 Å². The number of nitrogens with zero attached hydrogens (tertiary/aromatic N) is 4. The number of rotatable bonds is 8. The van der Waals surface area contributed by atoms with Gasteiger partial charge in [-0.25, -0.2) is 0 Å². The monoisotopic (exact) mass is 428 g/mol. The maximum absolute atomic E-state index is 10.1. The molecule has 1 aromatic heterocycles. The molecule has 3 aromatic rings. The Morgan fingerprint density at radius 3 is 2.25 bits per heavy atom. The molecule has 0 aliphatic carbocycles. The van der Waals surface area contributed by atoms with Crippen molar-refractivity contribution in [1.29, 1.82) is 5.26 Å². The molecule has 0 saturated carbocycles. The number of aryl methyl sites for hydroxylation is 1. The van der Waals surface area contributed by atoms with Gasteiger partial charge in [0.05, 0.1) is 11.5 Å². The van der Waals surface area contributed by atoms with Gasteiger partial charge in [-0.15, -0.1) is 0 Å². The van der Waals surface area contributed by atoms with Crippen LogP contribution in [0.2, 0.25) is 0 Å². The third-order valence-electron chi connectivity index (χ3n) is 7.42. The van der Waals surface area contributed by atoms with Crippen molar-refractivity contribution in [2.24, 2.45) is 13.0 Å². The lowest BCUT2D eigenvalue weighted by Gasteiger charge is -2.36. The molecular weight excluding hydrogens is 392 g/mol. The van der Waals surface area contributed by atoms with Crippen molar-refractivity contribution in [3.63, 3.8) is 0 Å². The Morgan fingerprint density at radius 2 is 1.59 bits per heavy atom. The molecule has 32 heavy (non-hydrogen) atoms. The summed E-state index contributed by atoms with van der Waals surface area (Å²) < 4.78 is 2.33. The highest BCUT2D eigenvalue weighted by atomic mass is 15.3. The standard InChI is InChI=1S/C28H36N4/c1-23(2)28(22-29,25-11-5-4-6-12-25)14-9-15-31-16-18-32(19-17-31)21-26-20-24-10-7-8-13-27(24)30(26)3/h4-8,10-13,20,23H,9,14-19,21H2,1-3H3. The Hall–Kier alpha value is -2.61. The molecule has 1 saturated heterocycles. The number of piperazine rings is 1. The third-order valence-corrected chi connectivity index (χ3v) is 7.42. The van der Waals surface area contributed by atoms with Crippen LogP contribution in [0.3, 0.4) is 0 Å². The lowest BCUT2D eigenvalue weighted by Crippen LogP contribution is -2.46. The van der Waals surface area contributed by atoms with Crippen molar-refractivity contribution in [1.82, 2.24) is 14.4 Å². The number of hydrogen-bond donors (Lipinski definition) is 0. The highest BCUT2D eigenvalue weighted by Crippen LogP contribution is 2.36. The van der Waals surface area contributed by atoms with Crippen LogP contribution in [0.5, 0.6) is 0 Å². The molecule has 0 spiro atoms. The van der Waals surface area contributed by atoms with E-state index in [1.54, 1.807) is 0 Å². The van der Waals surface area contributed by atoms with Crippen molar-refractivity contribution in [3.8, 4) is 6.07 Å². The van der Waals surface area contributed by atoms with Crippen LogP contribution >= 0.6 is 0 Å². The number of hydrogen-bond acceptors (Lipinski definition) is 3. The van der Waals surface area contributed by atoms with Crippen molar-refractivity contribution in [2.45, 2.75) is 38.6 Å². The highest BCUT2D eigenvalue weighted by molar-refractivity contribution is 5.81. The van der Waals surface area contributed by atoms with Crippen LogP contribution in [0.15, 0.2) is 60.7 Å². The van der Waals surface area contributed by atoms with Gasteiger partial charge in [0.25, 0.3) is 0 Å². The maximum Gasteiger partial charge on any atom is 0.0845 e. The van der Waals surface area contributed by atoms with Gasteiger partial charge in [-0.05, 0) is 48.4 Å². The van der Waals surface area contributed by atoms with E-state index in [0.717, 1.165) is 57.7 Å². The Labute approximate surface area is 193 Å². The van der Waals surface area contributed by atoms with Crippen LogP contribution in [0.1, 0.15) is 37.9 Å². The molecule has 0 N–H and O–H groups in total. The van der Waals surface area contributed by atoms with E-state index < -0.39 is 5.41 Å². The fourth-order valence-electron chi connectivity index (χ4n) is 5.23. The molecule has 2 aromatic carbocycles. The summed E-state index contributed by atoms with van der Waals surface area (Å²) in [5.41, 5.74) is 3.47. The quantitative estimate of drug-likeness (QED) is 0.495. The summed E-state index contributed by atoms with van der Waals surface area (Å²) >= 11 is 0. The van der Waals surface area contributed by atoms with Gasteiger partial charge in [-0.1, -0.05) is 62.4 Å². The largest absolute Gasteiger partial charge is 0.346 e. The second-order valence-electron chi connectivity index (χ2n) is 9.58. The Balaban J connectivity index is 1.29. The van der Waals surface area contributed by atoms with Gasteiger partial charge in [0, 0.05) is 51.0 Å². The summed E-state index contributed by atoms with van der Waals surface area (Å²) in [5.74, 6) is 0.299. The number of fused-ring (bicyclic) bond motifs is 1. The minimum absolute atomic E-state index is 0.299. The zero-order chi connectivity index (χ0) is 22.6. The molecule has 4 nitrogen and oxygen atoms in total. The predicted molar refractivity (Wildman–Crippen MR) is 132 cm³/mol. The summed E-state index contributed by atoms with van der Waals surface area (Å²) in [6.45, 7) is 10.9. The average molecular weight is 429 g/mol. The maximum atomic E-state index is 10.1. The zero-order valence-electron chi connectivity index (χ0n) is 19.8. The van der Waals surface area contributed by atoms with E-state index in [2.05, 4.69) is 95.9 Å². The molecule has 168 valence electrons. The van der Waals surface area contributed by atoms with Crippen molar-refractivity contribution >= 4 is 10.9 Å². The molecular formula is C28H36N4. The molecule has 4 rings (SSSR count). The lowest BCUT2D eigenvalue weighted by molar-refractivity contribution is 0.122. The van der Waals surface area contributed by atoms with Crippen LogP contribution in [0, 0.1) is 17.2 Å². The smallest absolute Gasteiger partial charge is 0.0845 e. The molecule has 1 aliphatic rings. The molecule has 4 heteroatoms. The fraction of sp³-hybridized carbons (Fsp3) is 0.464.